The van der Waals surface area contributed by atoms with Crippen LogP contribution < -0.4 is 5.32 Å². The summed E-state index contributed by atoms with van der Waals surface area (Å²) in [7, 11) is 0. The van der Waals surface area contributed by atoms with E-state index in [4.69, 9.17) is 4.74 Å². The Morgan fingerprint density at radius 1 is 1.04 bits per heavy atom. The molecule has 26 heavy (non-hydrogen) atoms. The van der Waals surface area contributed by atoms with Crippen molar-refractivity contribution in [1.29, 1.82) is 0 Å². The second-order valence-corrected chi connectivity index (χ2v) is 6.09. The van der Waals surface area contributed by atoms with Crippen molar-refractivity contribution >= 4 is 17.8 Å². The van der Waals surface area contributed by atoms with Crippen LogP contribution in [0, 0.1) is 13.8 Å². The molecule has 1 atom stereocenters. The highest BCUT2D eigenvalue weighted by Crippen LogP contribution is 2.10. The van der Waals surface area contributed by atoms with Crippen LogP contribution in [-0.4, -0.2) is 29.0 Å². The third-order valence-electron chi connectivity index (χ3n) is 3.70. The standard InChI is InChI=1S/C20H21NO5/c1-13-8-14(2)10-16(9-13)19(23)21-17(20(24)25)11-18(22)26-12-15-6-4-3-5-7-15/h3-10,17H,11-12H2,1-2H3,(H,21,23)(H,24,25)/t17-/m0/s1. The number of aryl methyl sites for hydroxylation is 2. The number of aliphatic carboxylic acids is 1. The summed E-state index contributed by atoms with van der Waals surface area (Å²) in [4.78, 5) is 35.6. The van der Waals surface area contributed by atoms with Crippen molar-refractivity contribution in [3.63, 3.8) is 0 Å². The van der Waals surface area contributed by atoms with E-state index in [1.165, 1.54) is 0 Å². The molecule has 2 rings (SSSR count). The van der Waals surface area contributed by atoms with Crippen molar-refractivity contribution in [1.82, 2.24) is 5.32 Å². The first-order valence-corrected chi connectivity index (χ1v) is 8.16. The van der Waals surface area contributed by atoms with Crippen molar-refractivity contribution in [3.8, 4) is 0 Å². The van der Waals surface area contributed by atoms with E-state index < -0.39 is 30.3 Å². The Balaban J connectivity index is 1.96. The van der Waals surface area contributed by atoms with Gasteiger partial charge < -0.3 is 15.2 Å². The summed E-state index contributed by atoms with van der Waals surface area (Å²) in [6, 6.07) is 12.9. The molecule has 0 heterocycles. The van der Waals surface area contributed by atoms with E-state index in [1.807, 2.05) is 38.1 Å². The molecule has 0 aromatic heterocycles. The number of rotatable bonds is 7. The molecule has 6 heteroatoms. The van der Waals surface area contributed by atoms with Gasteiger partial charge >= 0.3 is 11.9 Å². The van der Waals surface area contributed by atoms with Gasteiger partial charge in [-0.3, -0.25) is 9.59 Å². The molecule has 2 aromatic carbocycles. The van der Waals surface area contributed by atoms with E-state index in [9.17, 15) is 19.5 Å². The third-order valence-corrected chi connectivity index (χ3v) is 3.70. The highest BCUT2D eigenvalue weighted by molar-refractivity contribution is 5.97. The molecule has 136 valence electrons. The number of amides is 1. The topological polar surface area (TPSA) is 92.7 Å². The highest BCUT2D eigenvalue weighted by atomic mass is 16.5. The van der Waals surface area contributed by atoms with Gasteiger partial charge in [0, 0.05) is 5.56 Å². The van der Waals surface area contributed by atoms with Gasteiger partial charge in [-0.05, 0) is 31.5 Å². The maximum Gasteiger partial charge on any atom is 0.326 e. The van der Waals surface area contributed by atoms with E-state index in [-0.39, 0.29) is 6.61 Å². The molecule has 2 N–H and O–H groups in total. The van der Waals surface area contributed by atoms with Gasteiger partial charge in [0.15, 0.2) is 0 Å². The minimum atomic E-state index is -1.36. The van der Waals surface area contributed by atoms with Crippen molar-refractivity contribution < 1.29 is 24.2 Å². The minimum absolute atomic E-state index is 0.0526. The monoisotopic (exact) mass is 355 g/mol. The zero-order valence-corrected chi connectivity index (χ0v) is 14.7. The molecule has 0 fully saturated rings. The van der Waals surface area contributed by atoms with Gasteiger partial charge in [-0.15, -0.1) is 0 Å². The summed E-state index contributed by atoms with van der Waals surface area (Å²) in [5.74, 6) is -2.53. The molecule has 0 aliphatic rings. The van der Waals surface area contributed by atoms with Gasteiger partial charge in [0.25, 0.3) is 5.91 Å². The molecule has 0 radical (unpaired) electrons. The number of esters is 1. The normalized spacial score (nSPS) is 11.5. The number of nitrogens with one attached hydrogen (secondary N) is 1. The number of benzene rings is 2. The highest BCUT2D eigenvalue weighted by Gasteiger charge is 2.24. The van der Waals surface area contributed by atoms with E-state index >= 15 is 0 Å². The lowest BCUT2D eigenvalue weighted by molar-refractivity contribution is -0.150. The Morgan fingerprint density at radius 3 is 2.23 bits per heavy atom. The Kier molecular flexibility index (Phi) is 6.49. The van der Waals surface area contributed by atoms with Crippen LogP contribution in [-0.2, 0) is 20.9 Å². The fourth-order valence-electron chi connectivity index (χ4n) is 2.51. The molecule has 1 amide bonds. The Labute approximate surface area is 151 Å². The largest absolute Gasteiger partial charge is 0.480 e. The predicted octanol–water partition coefficient (Wildman–Crippen LogP) is 2.62. The van der Waals surface area contributed by atoms with Crippen molar-refractivity contribution in [2.75, 3.05) is 0 Å². The third kappa shape index (κ3) is 5.73. The molecular formula is C20H21NO5. The van der Waals surface area contributed by atoms with Crippen molar-refractivity contribution in [2.45, 2.75) is 32.9 Å². The van der Waals surface area contributed by atoms with Crippen LogP contribution in [0.15, 0.2) is 48.5 Å². The molecule has 0 bridgehead atoms. The molecule has 0 aliphatic carbocycles. The number of carbonyl (C=O) groups excluding carboxylic acids is 2. The van der Waals surface area contributed by atoms with Crippen LogP contribution in [0.5, 0.6) is 0 Å². The molecule has 0 unspecified atom stereocenters. The fraction of sp³-hybridized carbons (Fsp3) is 0.250. The first kappa shape index (κ1) is 19.2. The lowest BCUT2D eigenvalue weighted by atomic mass is 10.1. The minimum Gasteiger partial charge on any atom is -0.480 e. The SMILES string of the molecule is Cc1cc(C)cc(C(=O)N[C@@H](CC(=O)OCc2ccccc2)C(=O)O)c1. The second kappa shape index (κ2) is 8.80. The number of carboxylic acid groups (broad SMARTS) is 1. The predicted molar refractivity (Wildman–Crippen MR) is 95.7 cm³/mol. The molecule has 6 nitrogen and oxygen atoms in total. The van der Waals surface area contributed by atoms with Gasteiger partial charge in [-0.25, -0.2) is 4.79 Å². The van der Waals surface area contributed by atoms with Crippen LogP contribution >= 0.6 is 0 Å². The number of ether oxygens (including phenoxy) is 1. The number of hydrogen-bond donors (Lipinski definition) is 2. The summed E-state index contributed by atoms with van der Waals surface area (Å²) in [5, 5.41) is 11.7. The number of hydrogen-bond acceptors (Lipinski definition) is 4. The number of carbonyl (C=O) groups is 3. The smallest absolute Gasteiger partial charge is 0.326 e. The van der Waals surface area contributed by atoms with Gasteiger partial charge in [0.05, 0.1) is 6.42 Å². The zero-order chi connectivity index (χ0) is 19.1. The van der Waals surface area contributed by atoms with Crippen molar-refractivity contribution in [3.05, 3.63) is 70.8 Å². The first-order chi connectivity index (χ1) is 12.3. The Bertz CT molecular complexity index is 781. The van der Waals surface area contributed by atoms with Crippen LogP contribution in [0.2, 0.25) is 0 Å². The van der Waals surface area contributed by atoms with Crippen molar-refractivity contribution in [2.24, 2.45) is 0 Å². The lowest BCUT2D eigenvalue weighted by Gasteiger charge is -2.15. The lowest BCUT2D eigenvalue weighted by Crippen LogP contribution is -2.42. The van der Waals surface area contributed by atoms with Gasteiger partial charge in [0.1, 0.15) is 12.6 Å². The average Bonchev–Trinajstić information content (AvgIpc) is 2.59. The molecule has 0 saturated carbocycles. The quantitative estimate of drug-likeness (QED) is 0.745. The Hall–Kier alpha value is -3.15. The summed E-state index contributed by atoms with van der Waals surface area (Å²) in [5.41, 5.74) is 2.94. The molecule has 0 saturated heterocycles. The Morgan fingerprint density at radius 2 is 1.65 bits per heavy atom. The van der Waals surface area contributed by atoms with Crippen LogP contribution in [0.25, 0.3) is 0 Å². The number of carboxylic acids is 1. The van der Waals surface area contributed by atoms with E-state index in [0.29, 0.717) is 5.56 Å². The summed E-state index contributed by atoms with van der Waals surface area (Å²) in [6.07, 6.45) is -0.446. The molecule has 2 aromatic rings. The maximum atomic E-state index is 12.3. The van der Waals surface area contributed by atoms with Gasteiger partial charge in [-0.2, -0.15) is 0 Å². The maximum absolute atomic E-state index is 12.3. The van der Waals surface area contributed by atoms with E-state index in [1.54, 1.807) is 24.3 Å². The van der Waals surface area contributed by atoms with Gasteiger partial charge in [-0.1, -0.05) is 47.5 Å². The van der Waals surface area contributed by atoms with Crippen LogP contribution in [0.1, 0.15) is 33.5 Å². The van der Waals surface area contributed by atoms with E-state index in [2.05, 4.69) is 5.32 Å². The summed E-state index contributed by atoms with van der Waals surface area (Å²) in [6.45, 7) is 3.75. The van der Waals surface area contributed by atoms with Crippen LogP contribution in [0.3, 0.4) is 0 Å². The molecule has 0 aliphatic heterocycles. The van der Waals surface area contributed by atoms with Crippen LogP contribution in [0.4, 0.5) is 0 Å². The van der Waals surface area contributed by atoms with E-state index in [0.717, 1.165) is 16.7 Å². The molecular weight excluding hydrogens is 334 g/mol. The zero-order valence-electron chi connectivity index (χ0n) is 14.7. The second-order valence-electron chi connectivity index (χ2n) is 6.09. The summed E-state index contributed by atoms with van der Waals surface area (Å²) >= 11 is 0. The average molecular weight is 355 g/mol. The summed E-state index contributed by atoms with van der Waals surface area (Å²) < 4.78 is 5.08. The fourth-order valence-corrected chi connectivity index (χ4v) is 2.51. The first-order valence-electron chi connectivity index (χ1n) is 8.16. The molecule has 0 spiro atoms. The van der Waals surface area contributed by atoms with Gasteiger partial charge in [0.2, 0.25) is 0 Å².